The maximum absolute atomic E-state index is 11.5. The summed E-state index contributed by atoms with van der Waals surface area (Å²) in [6, 6.07) is 5.21. The lowest BCUT2D eigenvalue weighted by molar-refractivity contribution is -0.128. The predicted octanol–water partition coefficient (Wildman–Crippen LogP) is 1.89. The second-order valence-corrected chi connectivity index (χ2v) is 4.33. The number of carbonyl (C=O) groups excluding carboxylic acids is 1. The molecule has 0 saturated carbocycles. The molecule has 17 heavy (non-hydrogen) atoms. The number of nitrogens with one attached hydrogen (secondary N) is 1. The van der Waals surface area contributed by atoms with Crippen LogP contribution in [0.25, 0.3) is 10.9 Å². The summed E-state index contributed by atoms with van der Waals surface area (Å²) < 4.78 is 0. The van der Waals surface area contributed by atoms with Crippen molar-refractivity contribution < 1.29 is 9.90 Å². The lowest BCUT2D eigenvalue weighted by Crippen LogP contribution is -2.21. The van der Waals surface area contributed by atoms with Gasteiger partial charge in [0.15, 0.2) is 0 Å². The number of amides is 1. The number of benzene rings is 1. The van der Waals surface area contributed by atoms with Gasteiger partial charge in [0.1, 0.15) is 5.75 Å². The van der Waals surface area contributed by atoms with E-state index in [-0.39, 0.29) is 11.7 Å². The number of rotatable bonds is 3. The van der Waals surface area contributed by atoms with E-state index >= 15 is 0 Å². The molecule has 0 bridgehead atoms. The number of phenols is 1. The molecule has 0 radical (unpaired) electrons. The Morgan fingerprint density at radius 1 is 1.41 bits per heavy atom. The van der Waals surface area contributed by atoms with Crippen LogP contribution in [0.15, 0.2) is 24.4 Å². The fourth-order valence-electron chi connectivity index (χ4n) is 1.84. The van der Waals surface area contributed by atoms with Crippen molar-refractivity contribution in [3.8, 4) is 5.75 Å². The summed E-state index contributed by atoms with van der Waals surface area (Å²) >= 11 is 0. The lowest BCUT2D eigenvalue weighted by atomic mass is 10.1. The number of carbonyl (C=O) groups is 1. The predicted molar refractivity (Wildman–Crippen MR) is 67.0 cm³/mol. The van der Waals surface area contributed by atoms with Crippen LogP contribution in [0, 0.1) is 0 Å². The SMILES string of the molecule is CN(C)C(=O)CCc1c[nH]c2ccc(O)cc12. The average molecular weight is 232 g/mol. The Balaban J connectivity index is 2.19. The van der Waals surface area contributed by atoms with E-state index in [4.69, 9.17) is 0 Å². The molecule has 0 atom stereocenters. The second-order valence-electron chi connectivity index (χ2n) is 4.33. The number of aromatic hydroxyl groups is 1. The number of H-pyrrole nitrogens is 1. The highest BCUT2D eigenvalue weighted by molar-refractivity contribution is 5.85. The summed E-state index contributed by atoms with van der Waals surface area (Å²) in [6.07, 6.45) is 3.06. The number of aromatic amines is 1. The van der Waals surface area contributed by atoms with Crippen LogP contribution in [-0.4, -0.2) is 35.0 Å². The van der Waals surface area contributed by atoms with Gasteiger partial charge in [0, 0.05) is 37.6 Å². The van der Waals surface area contributed by atoms with Gasteiger partial charge >= 0.3 is 0 Å². The molecular weight excluding hydrogens is 216 g/mol. The van der Waals surface area contributed by atoms with E-state index in [2.05, 4.69) is 4.98 Å². The van der Waals surface area contributed by atoms with Gasteiger partial charge in [-0.2, -0.15) is 0 Å². The fourth-order valence-corrected chi connectivity index (χ4v) is 1.84. The third kappa shape index (κ3) is 2.41. The first kappa shape index (κ1) is 11.5. The highest BCUT2D eigenvalue weighted by Gasteiger charge is 2.08. The van der Waals surface area contributed by atoms with Crippen molar-refractivity contribution in [1.29, 1.82) is 0 Å². The number of nitrogens with zero attached hydrogens (tertiary/aromatic N) is 1. The topological polar surface area (TPSA) is 56.3 Å². The molecule has 0 saturated heterocycles. The molecule has 1 aromatic carbocycles. The number of hydrogen-bond donors (Lipinski definition) is 2. The Labute approximate surface area is 99.9 Å². The van der Waals surface area contributed by atoms with Crippen LogP contribution in [0.4, 0.5) is 0 Å². The summed E-state index contributed by atoms with van der Waals surface area (Å²) in [4.78, 5) is 16.2. The molecule has 1 aromatic heterocycles. The minimum Gasteiger partial charge on any atom is -0.508 e. The van der Waals surface area contributed by atoms with Crippen LogP contribution < -0.4 is 0 Å². The highest BCUT2D eigenvalue weighted by atomic mass is 16.3. The highest BCUT2D eigenvalue weighted by Crippen LogP contribution is 2.23. The van der Waals surface area contributed by atoms with E-state index in [1.807, 2.05) is 12.3 Å². The molecule has 0 aliphatic carbocycles. The Hall–Kier alpha value is -1.97. The van der Waals surface area contributed by atoms with E-state index in [9.17, 15) is 9.90 Å². The number of aromatic nitrogens is 1. The lowest BCUT2D eigenvalue weighted by Gasteiger charge is -2.09. The van der Waals surface area contributed by atoms with Crippen molar-refractivity contribution >= 4 is 16.8 Å². The minimum atomic E-state index is 0.111. The van der Waals surface area contributed by atoms with Gasteiger partial charge in [-0.15, -0.1) is 0 Å². The third-order valence-electron chi connectivity index (χ3n) is 2.86. The van der Waals surface area contributed by atoms with Gasteiger partial charge < -0.3 is 15.0 Å². The molecular formula is C13H16N2O2. The van der Waals surface area contributed by atoms with Crippen LogP contribution in [0.3, 0.4) is 0 Å². The summed E-state index contributed by atoms with van der Waals surface area (Å²) in [7, 11) is 3.51. The van der Waals surface area contributed by atoms with E-state index < -0.39 is 0 Å². The van der Waals surface area contributed by atoms with Crippen LogP contribution in [0.2, 0.25) is 0 Å². The standard InChI is InChI=1S/C13H16N2O2/c1-15(2)13(17)6-3-9-8-14-12-5-4-10(16)7-11(9)12/h4-5,7-8,14,16H,3,6H2,1-2H3. The number of hydrogen-bond acceptors (Lipinski definition) is 2. The molecule has 0 spiro atoms. The maximum atomic E-state index is 11.5. The van der Waals surface area contributed by atoms with Crippen LogP contribution in [-0.2, 0) is 11.2 Å². The molecule has 2 rings (SSSR count). The van der Waals surface area contributed by atoms with Crippen molar-refractivity contribution in [2.75, 3.05) is 14.1 Å². The van der Waals surface area contributed by atoms with Gasteiger partial charge in [-0.25, -0.2) is 0 Å². The molecule has 90 valence electrons. The first-order chi connectivity index (χ1) is 8.08. The normalized spacial score (nSPS) is 10.7. The number of aryl methyl sites for hydroxylation is 1. The van der Waals surface area contributed by atoms with Crippen molar-refractivity contribution in [1.82, 2.24) is 9.88 Å². The van der Waals surface area contributed by atoms with Crippen molar-refractivity contribution in [3.05, 3.63) is 30.0 Å². The van der Waals surface area contributed by atoms with Gasteiger partial charge in [-0.1, -0.05) is 0 Å². The third-order valence-corrected chi connectivity index (χ3v) is 2.86. The van der Waals surface area contributed by atoms with E-state index in [0.29, 0.717) is 12.8 Å². The Bertz CT molecular complexity index is 543. The quantitative estimate of drug-likeness (QED) is 0.849. The Kier molecular flexibility index (Phi) is 3.04. The summed E-state index contributed by atoms with van der Waals surface area (Å²) in [6.45, 7) is 0. The van der Waals surface area contributed by atoms with Crippen LogP contribution >= 0.6 is 0 Å². The molecule has 4 heteroatoms. The van der Waals surface area contributed by atoms with Crippen LogP contribution in [0.5, 0.6) is 5.75 Å². The van der Waals surface area contributed by atoms with Crippen molar-refractivity contribution in [3.63, 3.8) is 0 Å². The zero-order chi connectivity index (χ0) is 12.4. The first-order valence-electron chi connectivity index (χ1n) is 5.57. The number of phenolic OH excluding ortho intramolecular Hbond substituents is 1. The van der Waals surface area contributed by atoms with Crippen LogP contribution in [0.1, 0.15) is 12.0 Å². The molecule has 4 nitrogen and oxygen atoms in total. The Morgan fingerprint density at radius 3 is 2.88 bits per heavy atom. The summed E-state index contributed by atoms with van der Waals surface area (Å²) in [5.41, 5.74) is 2.04. The van der Waals surface area contributed by atoms with Gasteiger partial charge in [-0.3, -0.25) is 4.79 Å². The largest absolute Gasteiger partial charge is 0.508 e. The zero-order valence-electron chi connectivity index (χ0n) is 10.0. The molecule has 0 unspecified atom stereocenters. The fraction of sp³-hybridized carbons (Fsp3) is 0.308. The molecule has 0 aliphatic rings. The monoisotopic (exact) mass is 232 g/mol. The van der Waals surface area contributed by atoms with Crippen molar-refractivity contribution in [2.45, 2.75) is 12.8 Å². The van der Waals surface area contributed by atoms with Gasteiger partial charge in [0.25, 0.3) is 0 Å². The molecule has 0 fully saturated rings. The minimum absolute atomic E-state index is 0.111. The molecule has 0 aliphatic heterocycles. The molecule has 2 aromatic rings. The average Bonchev–Trinajstić information content (AvgIpc) is 2.68. The van der Waals surface area contributed by atoms with E-state index in [0.717, 1.165) is 16.5 Å². The second kappa shape index (κ2) is 4.49. The summed E-state index contributed by atoms with van der Waals surface area (Å²) in [5, 5.41) is 10.4. The first-order valence-corrected chi connectivity index (χ1v) is 5.57. The molecule has 1 amide bonds. The van der Waals surface area contributed by atoms with E-state index in [1.165, 1.54) is 0 Å². The number of fused-ring (bicyclic) bond motifs is 1. The van der Waals surface area contributed by atoms with Crippen molar-refractivity contribution in [2.24, 2.45) is 0 Å². The molecule has 1 heterocycles. The maximum Gasteiger partial charge on any atom is 0.222 e. The zero-order valence-corrected chi connectivity index (χ0v) is 10.0. The summed E-state index contributed by atoms with van der Waals surface area (Å²) in [5.74, 6) is 0.358. The Morgan fingerprint density at radius 2 is 2.18 bits per heavy atom. The van der Waals surface area contributed by atoms with Gasteiger partial charge in [-0.05, 0) is 30.2 Å². The van der Waals surface area contributed by atoms with E-state index in [1.54, 1.807) is 31.1 Å². The molecule has 2 N–H and O–H groups in total. The van der Waals surface area contributed by atoms with Gasteiger partial charge in [0.2, 0.25) is 5.91 Å². The smallest absolute Gasteiger partial charge is 0.222 e. The van der Waals surface area contributed by atoms with Gasteiger partial charge in [0.05, 0.1) is 0 Å².